The average molecular weight is 411 g/mol. The van der Waals surface area contributed by atoms with Gasteiger partial charge in [-0.2, -0.15) is 5.26 Å². The molecule has 2 aromatic heterocycles. The van der Waals surface area contributed by atoms with Gasteiger partial charge in [0.25, 0.3) is 0 Å². The number of thiazole rings is 1. The summed E-state index contributed by atoms with van der Waals surface area (Å²) in [5.74, 6) is -0.0359. The lowest BCUT2D eigenvalue weighted by Crippen LogP contribution is -2.24. The van der Waals surface area contributed by atoms with Crippen LogP contribution in [0, 0.1) is 11.3 Å². The van der Waals surface area contributed by atoms with E-state index in [0.717, 1.165) is 46.9 Å². The molecule has 0 fully saturated rings. The SMILES string of the molecule is CN(CCC(=O)Nc1sc2c(c1C#N)CCCC2)Cc1nc2ccccc2s1. The zero-order valence-electron chi connectivity index (χ0n) is 15.8. The number of fused-ring (bicyclic) bond motifs is 2. The first-order valence-corrected chi connectivity index (χ1v) is 11.1. The average Bonchev–Trinajstić information content (AvgIpc) is 3.26. The fourth-order valence-corrected chi connectivity index (χ4v) is 5.85. The lowest BCUT2D eigenvalue weighted by Gasteiger charge is -2.14. The summed E-state index contributed by atoms with van der Waals surface area (Å²) < 4.78 is 1.19. The molecule has 2 heterocycles. The number of nitrogens with one attached hydrogen (secondary N) is 1. The van der Waals surface area contributed by atoms with E-state index in [1.807, 2.05) is 25.2 Å². The summed E-state index contributed by atoms with van der Waals surface area (Å²) in [5.41, 5.74) is 2.86. The van der Waals surface area contributed by atoms with Gasteiger partial charge in [0.15, 0.2) is 0 Å². The molecule has 4 rings (SSSR count). The Morgan fingerprint density at radius 1 is 1.29 bits per heavy atom. The number of amides is 1. The Hall–Kier alpha value is -2.27. The zero-order valence-corrected chi connectivity index (χ0v) is 17.5. The van der Waals surface area contributed by atoms with Gasteiger partial charge in [-0.05, 0) is 50.4 Å². The molecule has 0 radical (unpaired) electrons. The van der Waals surface area contributed by atoms with E-state index in [1.54, 1.807) is 22.7 Å². The topological polar surface area (TPSA) is 69.0 Å². The molecule has 0 saturated heterocycles. The van der Waals surface area contributed by atoms with E-state index < -0.39 is 0 Å². The van der Waals surface area contributed by atoms with Crippen molar-refractivity contribution in [3.8, 4) is 6.07 Å². The summed E-state index contributed by atoms with van der Waals surface area (Å²) in [7, 11) is 2.00. The fraction of sp³-hybridized carbons (Fsp3) is 0.381. The molecular formula is C21H22N4OS2. The van der Waals surface area contributed by atoms with Crippen molar-refractivity contribution < 1.29 is 4.79 Å². The van der Waals surface area contributed by atoms with Gasteiger partial charge in [0.05, 0.1) is 22.3 Å². The molecule has 1 aromatic carbocycles. The largest absolute Gasteiger partial charge is 0.317 e. The van der Waals surface area contributed by atoms with Crippen LogP contribution in [-0.4, -0.2) is 29.4 Å². The van der Waals surface area contributed by atoms with Crippen molar-refractivity contribution in [2.75, 3.05) is 18.9 Å². The van der Waals surface area contributed by atoms with Crippen LogP contribution in [0.4, 0.5) is 5.00 Å². The van der Waals surface area contributed by atoms with Crippen molar-refractivity contribution in [1.29, 1.82) is 5.26 Å². The Balaban J connectivity index is 1.33. The maximum Gasteiger partial charge on any atom is 0.226 e. The van der Waals surface area contributed by atoms with Gasteiger partial charge in [0.2, 0.25) is 5.91 Å². The number of thiophene rings is 1. The Kier molecular flexibility index (Phi) is 5.72. The quantitative estimate of drug-likeness (QED) is 0.646. The number of carbonyl (C=O) groups excluding carboxylic acids is 1. The summed E-state index contributed by atoms with van der Waals surface area (Å²) in [4.78, 5) is 20.5. The third-order valence-corrected chi connectivity index (χ3v) is 7.23. The van der Waals surface area contributed by atoms with Crippen LogP contribution in [0.1, 0.15) is 40.3 Å². The molecule has 1 amide bonds. The van der Waals surface area contributed by atoms with Gasteiger partial charge in [-0.25, -0.2) is 4.98 Å². The standard InChI is InChI=1S/C21H22N4OS2/c1-25(13-20-23-16-7-3-5-9-18(16)27-20)11-10-19(26)24-21-15(12-22)14-6-2-4-8-17(14)28-21/h3,5,7,9H,2,4,6,8,10-11,13H2,1H3,(H,24,26). The van der Waals surface area contributed by atoms with Crippen LogP contribution in [0.5, 0.6) is 0 Å². The molecule has 5 nitrogen and oxygen atoms in total. The minimum atomic E-state index is -0.0359. The molecule has 144 valence electrons. The van der Waals surface area contributed by atoms with Crippen molar-refractivity contribution >= 4 is 43.8 Å². The van der Waals surface area contributed by atoms with E-state index in [-0.39, 0.29) is 5.91 Å². The van der Waals surface area contributed by atoms with Gasteiger partial charge in [0, 0.05) is 17.8 Å². The Morgan fingerprint density at radius 3 is 2.93 bits per heavy atom. The highest BCUT2D eigenvalue weighted by Crippen LogP contribution is 2.37. The maximum absolute atomic E-state index is 12.4. The highest BCUT2D eigenvalue weighted by molar-refractivity contribution is 7.18. The second-order valence-corrected chi connectivity index (χ2v) is 9.36. The molecule has 28 heavy (non-hydrogen) atoms. The van der Waals surface area contributed by atoms with Gasteiger partial charge in [0.1, 0.15) is 16.1 Å². The van der Waals surface area contributed by atoms with Crippen LogP contribution in [0.15, 0.2) is 24.3 Å². The predicted octanol–water partition coefficient (Wildman–Crippen LogP) is 4.57. The molecule has 0 saturated carbocycles. The van der Waals surface area contributed by atoms with Crippen molar-refractivity contribution in [3.05, 3.63) is 45.3 Å². The second kappa shape index (κ2) is 8.39. The first-order chi connectivity index (χ1) is 13.6. The fourth-order valence-electron chi connectivity index (χ4n) is 3.55. The number of aryl methyl sites for hydroxylation is 1. The highest BCUT2D eigenvalue weighted by Gasteiger charge is 2.21. The number of carbonyl (C=O) groups is 1. The molecule has 0 atom stereocenters. The normalized spacial score (nSPS) is 13.5. The molecule has 3 aromatic rings. The van der Waals surface area contributed by atoms with Gasteiger partial charge in [-0.1, -0.05) is 12.1 Å². The van der Waals surface area contributed by atoms with E-state index >= 15 is 0 Å². The third kappa shape index (κ3) is 4.09. The lowest BCUT2D eigenvalue weighted by molar-refractivity contribution is -0.116. The summed E-state index contributed by atoms with van der Waals surface area (Å²) in [6.07, 6.45) is 4.67. The number of anilines is 1. The summed E-state index contributed by atoms with van der Waals surface area (Å²) >= 11 is 3.27. The molecule has 0 bridgehead atoms. The number of hydrogen-bond acceptors (Lipinski definition) is 6. The van der Waals surface area contributed by atoms with Crippen LogP contribution < -0.4 is 5.32 Å². The zero-order chi connectivity index (χ0) is 19.5. The van der Waals surface area contributed by atoms with E-state index in [4.69, 9.17) is 0 Å². The molecule has 1 aliphatic rings. The minimum absolute atomic E-state index is 0.0359. The predicted molar refractivity (Wildman–Crippen MR) is 115 cm³/mol. The number of nitrogens with zero attached hydrogens (tertiary/aromatic N) is 3. The first kappa shape index (κ1) is 19.1. The molecule has 0 spiro atoms. The first-order valence-electron chi connectivity index (χ1n) is 9.51. The Morgan fingerprint density at radius 2 is 2.11 bits per heavy atom. The summed E-state index contributed by atoms with van der Waals surface area (Å²) in [5, 5.41) is 14.3. The van der Waals surface area contributed by atoms with Gasteiger partial charge in [-0.3, -0.25) is 9.69 Å². The molecule has 1 N–H and O–H groups in total. The van der Waals surface area contributed by atoms with Crippen molar-refractivity contribution in [2.45, 2.75) is 38.6 Å². The number of rotatable bonds is 6. The monoisotopic (exact) mass is 410 g/mol. The third-order valence-electron chi connectivity index (χ3n) is 5.00. The maximum atomic E-state index is 12.4. The number of nitriles is 1. The van der Waals surface area contributed by atoms with Gasteiger partial charge >= 0.3 is 0 Å². The molecule has 0 aliphatic heterocycles. The van der Waals surface area contributed by atoms with Gasteiger partial charge < -0.3 is 5.32 Å². The smallest absolute Gasteiger partial charge is 0.226 e. The van der Waals surface area contributed by atoms with Crippen molar-refractivity contribution in [2.24, 2.45) is 0 Å². The van der Waals surface area contributed by atoms with Crippen LogP contribution >= 0.6 is 22.7 Å². The highest BCUT2D eigenvalue weighted by atomic mass is 32.1. The van der Waals surface area contributed by atoms with E-state index in [1.165, 1.54) is 16.0 Å². The molecular weight excluding hydrogens is 388 g/mol. The van der Waals surface area contributed by atoms with E-state index in [2.05, 4.69) is 27.3 Å². The van der Waals surface area contributed by atoms with Crippen LogP contribution in [-0.2, 0) is 24.2 Å². The Labute approximate surface area is 172 Å². The minimum Gasteiger partial charge on any atom is -0.317 e. The molecule has 1 aliphatic carbocycles. The van der Waals surface area contributed by atoms with E-state index in [9.17, 15) is 10.1 Å². The van der Waals surface area contributed by atoms with Crippen LogP contribution in [0.3, 0.4) is 0 Å². The number of para-hydroxylation sites is 1. The number of aromatic nitrogens is 1. The number of benzene rings is 1. The van der Waals surface area contributed by atoms with Crippen LogP contribution in [0.25, 0.3) is 10.2 Å². The summed E-state index contributed by atoms with van der Waals surface area (Å²) in [6.45, 7) is 1.37. The summed E-state index contributed by atoms with van der Waals surface area (Å²) in [6, 6.07) is 10.4. The van der Waals surface area contributed by atoms with E-state index in [0.29, 0.717) is 18.5 Å². The molecule has 7 heteroatoms. The second-order valence-electron chi connectivity index (χ2n) is 7.14. The van der Waals surface area contributed by atoms with Crippen LogP contribution in [0.2, 0.25) is 0 Å². The van der Waals surface area contributed by atoms with Crippen molar-refractivity contribution in [3.63, 3.8) is 0 Å². The molecule has 0 unspecified atom stereocenters. The van der Waals surface area contributed by atoms with Gasteiger partial charge in [-0.15, -0.1) is 22.7 Å². The Bertz CT molecular complexity index is 1010. The lowest BCUT2D eigenvalue weighted by atomic mass is 9.96. The number of hydrogen-bond donors (Lipinski definition) is 1. The van der Waals surface area contributed by atoms with Crippen molar-refractivity contribution in [1.82, 2.24) is 9.88 Å².